The zero-order valence-electron chi connectivity index (χ0n) is 17.6. The van der Waals surface area contributed by atoms with Gasteiger partial charge in [-0.25, -0.2) is 0 Å². The van der Waals surface area contributed by atoms with Crippen LogP contribution in [0.1, 0.15) is 34.1 Å². The number of aromatic nitrogens is 2. The van der Waals surface area contributed by atoms with Gasteiger partial charge in [-0.3, -0.25) is 9.48 Å². The highest BCUT2D eigenvalue weighted by molar-refractivity contribution is 9.10. The molecule has 1 amide bonds. The summed E-state index contributed by atoms with van der Waals surface area (Å²) in [5.41, 5.74) is 4.71. The second kappa shape index (κ2) is 8.14. The predicted molar refractivity (Wildman–Crippen MR) is 121 cm³/mol. The first-order chi connectivity index (χ1) is 14.4. The van der Waals surface area contributed by atoms with Gasteiger partial charge in [-0.2, -0.15) is 5.10 Å². The van der Waals surface area contributed by atoms with Crippen LogP contribution in [0.25, 0.3) is 0 Å². The number of nitrogens with one attached hydrogen (secondary N) is 1. The van der Waals surface area contributed by atoms with Crippen molar-refractivity contribution < 1.29 is 9.53 Å². The van der Waals surface area contributed by atoms with Crippen LogP contribution in [0.4, 0.5) is 11.5 Å². The first-order valence-electron chi connectivity index (χ1n) is 9.94. The number of ether oxygens (including phenoxy) is 1. The van der Waals surface area contributed by atoms with Crippen LogP contribution in [0.5, 0.6) is 5.75 Å². The molecule has 1 aliphatic rings. The Morgan fingerprint density at radius 3 is 2.67 bits per heavy atom. The smallest absolute Gasteiger partial charge is 0.273 e. The lowest BCUT2D eigenvalue weighted by molar-refractivity contribution is 0.0664. The average Bonchev–Trinajstić information content (AvgIpc) is 3.04. The number of nitrogens with zero attached hydrogens (tertiary/aromatic N) is 3. The number of hydrogen-bond donors (Lipinski definition) is 1. The zero-order chi connectivity index (χ0) is 21.4. The molecular weight excluding hydrogens is 444 g/mol. The molecule has 1 aliphatic heterocycles. The molecule has 0 saturated heterocycles. The molecule has 4 rings (SSSR count). The summed E-state index contributed by atoms with van der Waals surface area (Å²) in [6, 6.07) is 14.2. The Bertz CT molecular complexity index is 1090. The van der Waals surface area contributed by atoms with Crippen LogP contribution in [-0.2, 0) is 13.2 Å². The van der Waals surface area contributed by atoms with Crippen LogP contribution in [0.3, 0.4) is 0 Å². The minimum absolute atomic E-state index is 0.0328. The highest BCUT2D eigenvalue weighted by Crippen LogP contribution is 2.36. The van der Waals surface area contributed by atoms with E-state index in [0.717, 1.165) is 28.1 Å². The molecule has 0 aliphatic carbocycles. The van der Waals surface area contributed by atoms with E-state index in [9.17, 15) is 4.79 Å². The van der Waals surface area contributed by atoms with Gasteiger partial charge in [-0.15, -0.1) is 0 Å². The fourth-order valence-corrected chi connectivity index (χ4v) is 4.18. The molecule has 0 saturated carbocycles. The Morgan fingerprint density at radius 1 is 1.20 bits per heavy atom. The van der Waals surface area contributed by atoms with Crippen molar-refractivity contribution in [3.05, 3.63) is 69.3 Å². The van der Waals surface area contributed by atoms with Crippen LogP contribution in [0.15, 0.2) is 46.9 Å². The zero-order valence-corrected chi connectivity index (χ0v) is 19.2. The third-order valence-electron chi connectivity index (χ3n) is 5.62. The maximum Gasteiger partial charge on any atom is 0.273 e. The van der Waals surface area contributed by atoms with Gasteiger partial charge in [-0.05, 0) is 53.9 Å². The number of halogens is 1. The minimum Gasteiger partial charge on any atom is -0.489 e. The highest BCUT2D eigenvalue weighted by atomic mass is 79.9. The second-order valence-electron chi connectivity index (χ2n) is 7.74. The van der Waals surface area contributed by atoms with E-state index in [1.165, 1.54) is 0 Å². The largest absolute Gasteiger partial charge is 0.489 e. The molecule has 0 fully saturated rings. The van der Waals surface area contributed by atoms with E-state index in [0.29, 0.717) is 29.1 Å². The summed E-state index contributed by atoms with van der Waals surface area (Å²) in [5.74, 6) is 1.42. The monoisotopic (exact) mass is 468 g/mol. The Hall–Kier alpha value is -2.80. The fourth-order valence-electron chi connectivity index (χ4n) is 3.63. The van der Waals surface area contributed by atoms with Crippen molar-refractivity contribution in [3.63, 3.8) is 0 Å². The number of fused-ring (bicyclic) bond motifs is 1. The third-order valence-corrected chi connectivity index (χ3v) is 6.37. The van der Waals surface area contributed by atoms with Gasteiger partial charge in [-0.1, -0.05) is 36.4 Å². The van der Waals surface area contributed by atoms with Crippen molar-refractivity contribution in [1.29, 1.82) is 0 Å². The van der Waals surface area contributed by atoms with Crippen LogP contribution in [-0.4, -0.2) is 33.7 Å². The Labute approximate surface area is 185 Å². The molecule has 156 valence electrons. The van der Waals surface area contributed by atoms with Crippen LogP contribution in [0, 0.1) is 13.8 Å². The molecule has 2 aromatic carbocycles. The molecule has 0 bridgehead atoms. The molecule has 30 heavy (non-hydrogen) atoms. The van der Waals surface area contributed by atoms with Gasteiger partial charge in [0.25, 0.3) is 5.91 Å². The van der Waals surface area contributed by atoms with Crippen molar-refractivity contribution >= 4 is 33.3 Å². The second-order valence-corrected chi connectivity index (χ2v) is 8.53. The predicted octanol–water partition coefficient (Wildman–Crippen LogP) is 5.06. The molecule has 0 spiro atoms. The van der Waals surface area contributed by atoms with Crippen molar-refractivity contribution in [2.45, 2.75) is 40.0 Å². The van der Waals surface area contributed by atoms with E-state index in [1.54, 1.807) is 9.58 Å². The molecule has 1 atom stereocenters. The number of benzene rings is 2. The van der Waals surface area contributed by atoms with Crippen LogP contribution in [0.2, 0.25) is 0 Å². The molecular formula is C23H25BrN4O2. The summed E-state index contributed by atoms with van der Waals surface area (Å²) < 4.78 is 8.53. The quantitative estimate of drug-likeness (QED) is 0.568. The van der Waals surface area contributed by atoms with Gasteiger partial charge in [0.05, 0.1) is 11.0 Å². The summed E-state index contributed by atoms with van der Waals surface area (Å²) in [4.78, 5) is 14.5. The van der Waals surface area contributed by atoms with E-state index in [1.807, 2.05) is 70.3 Å². The first kappa shape index (κ1) is 20.5. The van der Waals surface area contributed by atoms with Crippen molar-refractivity contribution in [2.75, 3.05) is 12.4 Å². The highest BCUT2D eigenvalue weighted by Gasteiger charge is 2.32. The minimum atomic E-state index is -0.0328. The number of carbonyl (C=O) groups is 1. The van der Waals surface area contributed by atoms with E-state index in [4.69, 9.17) is 4.74 Å². The molecule has 0 unspecified atom stereocenters. The Kier molecular flexibility index (Phi) is 5.56. The standard InChI is InChI=1S/C23H25BrN4O2/c1-14-10-11-18(30-13-17-8-6-5-7-9-17)16(3)20(14)25-22-19(24)21-23(29)27(4)15(2)12-28(21)26-22/h5-11,15H,12-13H2,1-4H3,(H,25,26)/t15-/m1/s1. The molecule has 6 nitrogen and oxygen atoms in total. The van der Waals surface area contributed by atoms with Gasteiger partial charge in [0, 0.05) is 24.3 Å². The van der Waals surface area contributed by atoms with Crippen LogP contribution < -0.4 is 10.1 Å². The van der Waals surface area contributed by atoms with E-state index < -0.39 is 0 Å². The number of anilines is 2. The average molecular weight is 469 g/mol. The Morgan fingerprint density at radius 2 is 1.93 bits per heavy atom. The van der Waals surface area contributed by atoms with Gasteiger partial charge in [0.2, 0.25) is 0 Å². The van der Waals surface area contributed by atoms with Crippen molar-refractivity contribution in [3.8, 4) is 5.75 Å². The number of hydrogen-bond acceptors (Lipinski definition) is 4. The lowest BCUT2D eigenvalue weighted by atomic mass is 10.1. The number of rotatable bonds is 5. The first-order valence-corrected chi connectivity index (χ1v) is 10.7. The van der Waals surface area contributed by atoms with Gasteiger partial charge < -0.3 is 15.0 Å². The van der Waals surface area contributed by atoms with Gasteiger partial charge >= 0.3 is 0 Å². The third kappa shape index (κ3) is 3.69. The van der Waals surface area contributed by atoms with E-state index in [2.05, 4.69) is 26.3 Å². The number of likely N-dealkylation sites (N-methyl/N-ethyl adjacent to an activating group) is 1. The molecule has 2 heterocycles. The van der Waals surface area contributed by atoms with Crippen molar-refractivity contribution in [2.24, 2.45) is 0 Å². The fraction of sp³-hybridized carbons (Fsp3) is 0.304. The summed E-state index contributed by atoms with van der Waals surface area (Å²) >= 11 is 3.59. The maximum absolute atomic E-state index is 12.7. The van der Waals surface area contributed by atoms with Crippen LogP contribution >= 0.6 is 15.9 Å². The Balaban J connectivity index is 1.62. The van der Waals surface area contributed by atoms with Gasteiger partial charge in [0.1, 0.15) is 18.1 Å². The lowest BCUT2D eigenvalue weighted by Gasteiger charge is -2.30. The summed E-state index contributed by atoms with van der Waals surface area (Å²) in [6.45, 7) is 7.26. The summed E-state index contributed by atoms with van der Waals surface area (Å²) in [5, 5.41) is 8.08. The van der Waals surface area contributed by atoms with Crippen molar-refractivity contribution in [1.82, 2.24) is 14.7 Å². The summed E-state index contributed by atoms with van der Waals surface area (Å²) in [6.07, 6.45) is 0. The molecule has 1 aromatic heterocycles. The molecule has 7 heteroatoms. The maximum atomic E-state index is 12.7. The molecule has 3 aromatic rings. The normalized spacial score (nSPS) is 15.8. The van der Waals surface area contributed by atoms with E-state index >= 15 is 0 Å². The van der Waals surface area contributed by atoms with E-state index in [-0.39, 0.29) is 11.9 Å². The summed E-state index contributed by atoms with van der Waals surface area (Å²) in [7, 11) is 1.82. The molecule has 0 radical (unpaired) electrons. The number of carbonyl (C=O) groups excluding carboxylic acids is 1. The molecule has 1 N–H and O–H groups in total. The lowest BCUT2D eigenvalue weighted by Crippen LogP contribution is -2.44. The van der Waals surface area contributed by atoms with Gasteiger partial charge in [0.15, 0.2) is 5.82 Å². The number of aryl methyl sites for hydroxylation is 1. The number of amides is 1. The topological polar surface area (TPSA) is 59.4 Å². The SMILES string of the molecule is Cc1ccc(OCc2ccccc2)c(C)c1Nc1nn2c(c1Br)C(=O)N(C)[C@H](C)C2.